The molecule has 1 fully saturated rings. The summed E-state index contributed by atoms with van der Waals surface area (Å²) < 4.78 is 5.15. The number of rotatable bonds is 5. The number of ether oxygens (including phenoxy) is 1. The minimum absolute atomic E-state index is 0.103. The van der Waals surface area contributed by atoms with Gasteiger partial charge in [-0.3, -0.25) is 9.69 Å². The van der Waals surface area contributed by atoms with Crippen molar-refractivity contribution < 1.29 is 9.53 Å². The number of hydrogen-bond acceptors (Lipinski definition) is 4. The quantitative estimate of drug-likeness (QED) is 0.769. The van der Waals surface area contributed by atoms with Gasteiger partial charge in [0, 0.05) is 43.2 Å². The zero-order chi connectivity index (χ0) is 17.6. The van der Waals surface area contributed by atoms with Crippen molar-refractivity contribution in [2.24, 2.45) is 0 Å². The maximum atomic E-state index is 12.6. The molecule has 1 aliphatic heterocycles. The number of carbonyl (C=O) groups excluding carboxylic acids is 1. The molecule has 1 saturated heterocycles. The SMILES string of the molecule is COc1ccc(C(=O)N2CCN(Cc3ccc(SC)cc3)CC2)cc1. The van der Waals surface area contributed by atoms with Crippen LogP contribution in [0.2, 0.25) is 0 Å². The number of hydrogen-bond donors (Lipinski definition) is 0. The van der Waals surface area contributed by atoms with E-state index < -0.39 is 0 Å². The van der Waals surface area contributed by atoms with Crippen molar-refractivity contribution in [2.75, 3.05) is 39.5 Å². The van der Waals surface area contributed by atoms with Gasteiger partial charge in [0.05, 0.1) is 7.11 Å². The standard InChI is InChI=1S/C20H24N2O2S/c1-24-18-7-5-17(6-8-18)20(23)22-13-11-21(12-14-22)15-16-3-9-19(25-2)10-4-16/h3-10H,11-15H2,1-2H3. The van der Waals surface area contributed by atoms with Crippen LogP contribution < -0.4 is 4.74 Å². The van der Waals surface area contributed by atoms with Gasteiger partial charge in [0.15, 0.2) is 0 Å². The number of carbonyl (C=O) groups is 1. The molecule has 1 aliphatic rings. The molecule has 2 aromatic rings. The molecule has 0 unspecified atom stereocenters. The molecule has 0 radical (unpaired) electrons. The summed E-state index contributed by atoms with van der Waals surface area (Å²) in [5.74, 6) is 0.875. The average molecular weight is 356 g/mol. The first-order valence-corrected chi connectivity index (χ1v) is 9.70. The lowest BCUT2D eigenvalue weighted by Gasteiger charge is -2.34. The fourth-order valence-corrected chi connectivity index (χ4v) is 3.42. The molecular formula is C20H24N2O2S. The van der Waals surface area contributed by atoms with Gasteiger partial charge < -0.3 is 9.64 Å². The minimum atomic E-state index is 0.103. The molecule has 25 heavy (non-hydrogen) atoms. The van der Waals surface area contributed by atoms with Gasteiger partial charge >= 0.3 is 0 Å². The number of thioether (sulfide) groups is 1. The molecule has 0 atom stereocenters. The van der Waals surface area contributed by atoms with E-state index in [-0.39, 0.29) is 5.91 Å². The van der Waals surface area contributed by atoms with Crippen molar-refractivity contribution in [1.82, 2.24) is 9.80 Å². The van der Waals surface area contributed by atoms with Crippen molar-refractivity contribution in [1.29, 1.82) is 0 Å². The Morgan fingerprint density at radius 2 is 1.64 bits per heavy atom. The molecule has 4 nitrogen and oxygen atoms in total. The first kappa shape index (κ1) is 17.8. The second kappa shape index (κ2) is 8.41. The summed E-state index contributed by atoms with van der Waals surface area (Å²) in [4.78, 5) is 18.2. The maximum absolute atomic E-state index is 12.6. The van der Waals surface area contributed by atoms with E-state index in [0.29, 0.717) is 0 Å². The van der Waals surface area contributed by atoms with Crippen LogP contribution >= 0.6 is 11.8 Å². The monoisotopic (exact) mass is 356 g/mol. The van der Waals surface area contributed by atoms with E-state index in [2.05, 4.69) is 35.4 Å². The lowest BCUT2D eigenvalue weighted by Crippen LogP contribution is -2.48. The van der Waals surface area contributed by atoms with Crippen molar-refractivity contribution in [3.05, 3.63) is 59.7 Å². The van der Waals surface area contributed by atoms with Gasteiger partial charge in [-0.25, -0.2) is 0 Å². The Balaban J connectivity index is 1.52. The van der Waals surface area contributed by atoms with Gasteiger partial charge in [-0.15, -0.1) is 11.8 Å². The molecule has 0 saturated carbocycles. The molecule has 1 heterocycles. The van der Waals surface area contributed by atoms with Crippen molar-refractivity contribution >= 4 is 17.7 Å². The summed E-state index contributed by atoms with van der Waals surface area (Å²) in [6.45, 7) is 4.30. The van der Waals surface area contributed by atoms with E-state index in [4.69, 9.17) is 4.74 Å². The summed E-state index contributed by atoms with van der Waals surface area (Å²) in [5.41, 5.74) is 2.05. The van der Waals surface area contributed by atoms with E-state index in [1.807, 2.05) is 29.2 Å². The first-order chi connectivity index (χ1) is 12.2. The minimum Gasteiger partial charge on any atom is -0.497 e. The Kier molecular flexibility index (Phi) is 6.00. The third-order valence-electron chi connectivity index (χ3n) is 4.56. The van der Waals surface area contributed by atoms with E-state index in [1.54, 1.807) is 18.9 Å². The maximum Gasteiger partial charge on any atom is 0.253 e. The average Bonchev–Trinajstić information content (AvgIpc) is 2.69. The summed E-state index contributed by atoms with van der Waals surface area (Å²) in [7, 11) is 1.63. The van der Waals surface area contributed by atoms with Crippen molar-refractivity contribution in [3.63, 3.8) is 0 Å². The normalized spacial score (nSPS) is 15.2. The summed E-state index contributed by atoms with van der Waals surface area (Å²) in [6, 6.07) is 16.1. The van der Waals surface area contributed by atoms with Crippen LogP contribution in [0.4, 0.5) is 0 Å². The summed E-state index contributed by atoms with van der Waals surface area (Å²) in [5, 5.41) is 0. The highest BCUT2D eigenvalue weighted by Crippen LogP contribution is 2.17. The molecule has 1 amide bonds. The lowest BCUT2D eigenvalue weighted by molar-refractivity contribution is 0.0628. The highest BCUT2D eigenvalue weighted by Gasteiger charge is 2.22. The Morgan fingerprint density at radius 3 is 2.20 bits per heavy atom. The second-order valence-corrected chi connectivity index (χ2v) is 7.02. The van der Waals surface area contributed by atoms with E-state index in [0.717, 1.165) is 44.0 Å². The molecule has 2 aromatic carbocycles. The molecular weight excluding hydrogens is 332 g/mol. The van der Waals surface area contributed by atoms with Crippen LogP contribution in [0.15, 0.2) is 53.4 Å². The van der Waals surface area contributed by atoms with Crippen LogP contribution in [0, 0.1) is 0 Å². The third-order valence-corrected chi connectivity index (χ3v) is 5.31. The molecule has 0 bridgehead atoms. The van der Waals surface area contributed by atoms with Crippen LogP contribution in [0.1, 0.15) is 15.9 Å². The van der Waals surface area contributed by atoms with Crippen molar-refractivity contribution in [3.8, 4) is 5.75 Å². The zero-order valence-electron chi connectivity index (χ0n) is 14.8. The van der Waals surface area contributed by atoms with E-state index in [9.17, 15) is 4.79 Å². The lowest BCUT2D eigenvalue weighted by atomic mass is 10.1. The van der Waals surface area contributed by atoms with Gasteiger partial charge in [0.2, 0.25) is 0 Å². The second-order valence-electron chi connectivity index (χ2n) is 6.14. The number of piperazine rings is 1. The van der Waals surface area contributed by atoms with Gasteiger partial charge in [-0.2, -0.15) is 0 Å². The van der Waals surface area contributed by atoms with Gasteiger partial charge in [0.25, 0.3) is 5.91 Å². The van der Waals surface area contributed by atoms with Crippen molar-refractivity contribution in [2.45, 2.75) is 11.4 Å². The van der Waals surface area contributed by atoms with Gasteiger partial charge in [0.1, 0.15) is 5.75 Å². The molecule has 0 aliphatic carbocycles. The molecule has 0 spiro atoms. The fourth-order valence-electron chi connectivity index (χ4n) is 3.01. The Morgan fingerprint density at radius 1 is 1.00 bits per heavy atom. The predicted octanol–water partition coefficient (Wildman–Crippen LogP) is 3.38. The van der Waals surface area contributed by atoms with Crippen LogP contribution in [0.5, 0.6) is 5.75 Å². The molecule has 3 rings (SSSR count). The Bertz CT molecular complexity index is 693. The topological polar surface area (TPSA) is 32.8 Å². The number of benzene rings is 2. The van der Waals surface area contributed by atoms with Gasteiger partial charge in [-0.1, -0.05) is 12.1 Å². The third kappa shape index (κ3) is 4.55. The zero-order valence-corrected chi connectivity index (χ0v) is 15.6. The van der Waals surface area contributed by atoms with Crippen LogP contribution in [0.3, 0.4) is 0 Å². The highest BCUT2D eigenvalue weighted by molar-refractivity contribution is 7.98. The Hall–Kier alpha value is -1.98. The largest absolute Gasteiger partial charge is 0.497 e. The van der Waals surface area contributed by atoms with Crippen LogP contribution in [-0.4, -0.2) is 55.3 Å². The van der Waals surface area contributed by atoms with E-state index in [1.165, 1.54) is 10.5 Å². The molecule has 132 valence electrons. The summed E-state index contributed by atoms with van der Waals surface area (Å²) in [6.07, 6.45) is 2.09. The smallest absolute Gasteiger partial charge is 0.253 e. The number of methoxy groups -OCH3 is 1. The van der Waals surface area contributed by atoms with E-state index >= 15 is 0 Å². The first-order valence-electron chi connectivity index (χ1n) is 8.48. The fraction of sp³-hybridized carbons (Fsp3) is 0.350. The van der Waals surface area contributed by atoms with Crippen LogP contribution in [-0.2, 0) is 6.54 Å². The predicted molar refractivity (Wildman–Crippen MR) is 102 cm³/mol. The molecule has 5 heteroatoms. The molecule has 0 N–H and O–H groups in total. The Labute approximate surface area is 153 Å². The highest BCUT2D eigenvalue weighted by atomic mass is 32.2. The number of nitrogens with zero attached hydrogens (tertiary/aromatic N) is 2. The summed E-state index contributed by atoms with van der Waals surface area (Å²) >= 11 is 1.76. The van der Waals surface area contributed by atoms with Gasteiger partial charge in [-0.05, 0) is 48.2 Å². The molecule has 0 aromatic heterocycles. The number of amides is 1. The van der Waals surface area contributed by atoms with Crippen LogP contribution in [0.25, 0.3) is 0 Å².